The zero-order chi connectivity index (χ0) is 14.7. The van der Waals surface area contributed by atoms with Gasteiger partial charge in [0.25, 0.3) is 5.91 Å². The Hall–Kier alpha value is -2.63. The number of carbonyl (C=O) groups excluding carboxylic acids is 1. The van der Waals surface area contributed by atoms with E-state index in [2.05, 4.69) is 4.98 Å². The zero-order valence-corrected chi connectivity index (χ0v) is 11.0. The second-order valence-corrected chi connectivity index (χ2v) is 4.22. The van der Waals surface area contributed by atoms with E-state index in [0.717, 1.165) is 0 Å². The molecule has 0 aliphatic carbocycles. The van der Waals surface area contributed by atoms with Crippen LogP contribution in [-0.2, 0) is 0 Å². The Morgan fingerprint density at radius 1 is 1.35 bits per heavy atom. The van der Waals surface area contributed by atoms with Crippen LogP contribution < -0.4 is 16.4 Å². The summed E-state index contributed by atoms with van der Waals surface area (Å²) in [5.41, 5.74) is 12.3. The molecule has 0 fully saturated rings. The smallest absolute Gasteiger partial charge is 0.252 e. The molecule has 0 atom stereocenters. The lowest BCUT2D eigenvalue weighted by Gasteiger charge is -2.24. The molecule has 0 spiro atoms. The van der Waals surface area contributed by atoms with Crippen LogP contribution in [0.1, 0.15) is 17.3 Å². The largest absolute Gasteiger partial charge is 0.397 e. The molecule has 0 unspecified atom stereocenters. The topological polar surface area (TPSA) is 85.2 Å². The summed E-state index contributed by atoms with van der Waals surface area (Å²) in [6.45, 7) is 2.44. The first-order valence-electron chi connectivity index (χ1n) is 6.11. The number of aromatic nitrogens is 1. The molecule has 6 heteroatoms. The third-order valence-corrected chi connectivity index (χ3v) is 2.86. The minimum absolute atomic E-state index is 0.233. The molecule has 2 rings (SSSR count). The van der Waals surface area contributed by atoms with E-state index in [1.165, 1.54) is 24.4 Å². The van der Waals surface area contributed by atoms with Crippen molar-refractivity contribution in [3.63, 3.8) is 0 Å². The number of nitrogen functional groups attached to an aromatic ring is 1. The van der Waals surface area contributed by atoms with Gasteiger partial charge in [0.05, 0.1) is 17.4 Å². The lowest BCUT2D eigenvalue weighted by molar-refractivity contribution is 0.100. The number of primary amides is 1. The minimum atomic E-state index is -0.611. The number of nitrogens with two attached hydrogens (primary N) is 2. The van der Waals surface area contributed by atoms with Gasteiger partial charge in [-0.1, -0.05) is 0 Å². The third-order valence-electron chi connectivity index (χ3n) is 2.86. The molecule has 0 saturated carbocycles. The van der Waals surface area contributed by atoms with Gasteiger partial charge >= 0.3 is 0 Å². The van der Waals surface area contributed by atoms with Crippen molar-refractivity contribution in [1.29, 1.82) is 0 Å². The monoisotopic (exact) mass is 274 g/mol. The van der Waals surface area contributed by atoms with E-state index in [-0.39, 0.29) is 11.4 Å². The van der Waals surface area contributed by atoms with E-state index in [0.29, 0.717) is 23.7 Å². The summed E-state index contributed by atoms with van der Waals surface area (Å²) in [4.78, 5) is 17.5. The third kappa shape index (κ3) is 2.69. The first-order chi connectivity index (χ1) is 9.52. The van der Waals surface area contributed by atoms with Crippen molar-refractivity contribution in [2.24, 2.45) is 5.73 Å². The summed E-state index contributed by atoms with van der Waals surface area (Å²) in [7, 11) is 0. The summed E-state index contributed by atoms with van der Waals surface area (Å²) in [6.07, 6.45) is 1.45. The van der Waals surface area contributed by atoms with E-state index in [1.54, 1.807) is 17.0 Å². The van der Waals surface area contributed by atoms with Gasteiger partial charge in [0.2, 0.25) is 0 Å². The van der Waals surface area contributed by atoms with Crippen molar-refractivity contribution in [2.45, 2.75) is 6.92 Å². The predicted octanol–water partition coefficient (Wildman–Crippen LogP) is 2.06. The number of halogens is 1. The number of rotatable bonds is 4. The van der Waals surface area contributed by atoms with Gasteiger partial charge in [-0.3, -0.25) is 4.79 Å². The fourth-order valence-electron chi connectivity index (χ4n) is 1.95. The van der Waals surface area contributed by atoms with E-state index < -0.39 is 5.91 Å². The fourth-order valence-corrected chi connectivity index (χ4v) is 1.95. The number of benzene rings is 1. The molecular formula is C14H15FN4O. The number of carbonyl (C=O) groups is 1. The van der Waals surface area contributed by atoms with Crippen LogP contribution in [0.5, 0.6) is 0 Å². The molecule has 2 aromatic rings. The molecule has 104 valence electrons. The van der Waals surface area contributed by atoms with Crippen molar-refractivity contribution in [3.8, 4) is 0 Å². The molecule has 0 saturated heterocycles. The van der Waals surface area contributed by atoms with Crippen LogP contribution in [0, 0.1) is 5.82 Å². The van der Waals surface area contributed by atoms with Crippen molar-refractivity contribution in [2.75, 3.05) is 17.2 Å². The van der Waals surface area contributed by atoms with E-state index in [4.69, 9.17) is 11.5 Å². The molecule has 20 heavy (non-hydrogen) atoms. The first kappa shape index (κ1) is 13.8. The summed E-state index contributed by atoms with van der Waals surface area (Å²) < 4.78 is 13.0. The molecule has 0 aliphatic heterocycles. The Morgan fingerprint density at radius 3 is 2.55 bits per heavy atom. The van der Waals surface area contributed by atoms with Crippen molar-refractivity contribution < 1.29 is 9.18 Å². The molecular weight excluding hydrogens is 259 g/mol. The number of nitrogens with zero attached hydrogens (tertiary/aromatic N) is 2. The SMILES string of the molecule is CCN(c1ccc(F)cc1)c1ncc(N)cc1C(N)=O. The predicted molar refractivity (Wildman–Crippen MR) is 76.2 cm³/mol. The van der Waals surface area contributed by atoms with E-state index in [1.807, 2.05) is 6.92 Å². The minimum Gasteiger partial charge on any atom is -0.397 e. The maximum atomic E-state index is 13.0. The van der Waals surface area contributed by atoms with Crippen molar-refractivity contribution in [1.82, 2.24) is 4.98 Å². The summed E-state index contributed by atoms with van der Waals surface area (Å²) in [6, 6.07) is 7.40. The average Bonchev–Trinajstić information content (AvgIpc) is 2.43. The van der Waals surface area contributed by atoms with Crippen LogP contribution in [0.15, 0.2) is 36.5 Å². The Balaban J connectivity index is 2.51. The molecule has 0 bridgehead atoms. The molecule has 1 aromatic carbocycles. The van der Waals surface area contributed by atoms with Crippen LogP contribution in [0.4, 0.5) is 21.6 Å². The Labute approximate surface area is 116 Å². The van der Waals surface area contributed by atoms with Crippen LogP contribution in [0.2, 0.25) is 0 Å². The summed E-state index contributed by atoms with van der Waals surface area (Å²) in [5, 5.41) is 0. The molecule has 1 heterocycles. The van der Waals surface area contributed by atoms with Crippen LogP contribution in [0.25, 0.3) is 0 Å². The molecule has 0 radical (unpaired) electrons. The van der Waals surface area contributed by atoms with Crippen molar-refractivity contribution >= 4 is 23.1 Å². The van der Waals surface area contributed by atoms with E-state index in [9.17, 15) is 9.18 Å². The lowest BCUT2D eigenvalue weighted by Crippen LogP contribution is -2.23. The Bertz CT molecular complexity index is 628. The average molecular weight is 274 g/mol. The van der Waals surface area contributed by atoms with Crippen LogP contribution >= 0.6 is 0 Å². The Morgan fingerprint density at radius 2 is 2.00 bits per heavy atom. The highest BCUT2D eigenvalue weighted by molar-refractivity contribution is 5.99. The fraction of sp³-hybridized carbons (Fsp3) is 0.143. The zero-order valence-electron chi connectivity index (χ0n) is 11.0. The molecule has 0 aliphatic rings. The molecule has 5 nitrogen and oxygen atoms in total. The van der Waals surface area contributed by atoms with Gasteiger partial charge in [-0.2, -0.15) is 0 Å². The van der Waals surface area contributed by atoms with E-state index >= 15 is 0 Å². The molecule has 1 amide bonds. The maximum Gasteiger partial charge on any atom is 0.252 e. The quantitative estimate of drug-likeness (QED) is 0.893. The molecule has 4 N–H and O–H groups in total. The van der Waals surface area contributed by atoms with Crippen molar-refractivity contribution in [3.05, 3.63) is 47.9 Å². The van der Waals surface area contributed by atoms with Crippen LogP contribution in [-0.4, -0.2) is 17.4 Å². The highest BCUT2D eigenvalue weighted by atomic mass is 19.1. The number of hydrogen-bond donors (Lipinski definition) is 2. The normalized spacial score (nSPS) is 10.3. The second kappa shape index (κ2) is 5.56. The first-order valence-corrected chi connectivity index (χ1v) is 6.11. The summed E-state index contributed by atoms with van der Waals surface area (Å²) >= 11 is 0. The van der Waals surface area contributed by atoms with Gasteiger partial charge in [-0.15, -0.1) is 0 Å². The van der Waals surface area contributed by atoms with Gasteiger partial charge < -0.3 is 16.4 Å². The van der Waals surface area contributed by atoms with Gasteiger partial charge in [0.15, 0.2) is 0 Å². The van der Waals surface area contributed by atoms with Gasteiger partial charge in [0, 0.05) is 12.2 Å². The number of pyridine rings is 1. The second-order valence-electron chi connectivity index (χ2n) is 4.22. The Kier molecular flexibility index (Phi) is 3.84. The highest BCUT2D eigenvalue weighted by Crippen LogP contribution is 2.27. The summed E-state index contributed by atoms with van der Waals surface area (Å²) in [5.74, 6) is -0.536. The number of anilines is 3. The highest BCUT2D eigenvalue weighted by Gasteiger charge is 2.17. The van der Waals surface area contributed by atoms with Gasteiger partial charge in [-0.25, -0.2) is 9.37 Å². The van der Waals surface area contributed by atoms with Crippen LogP contribution in [0.3, 0.4) is 0 Å². The number of amides is 1. The molecule has 1 aromatic heterocycles. The maximum absolute atomic E-state index is 13.0. The standard InChI is InChI=1S/C14H15FN4O/c1-2-19(11-5-3-9(15)4-6-11)14-12(13(17)20)7-10(16)8-18-14/h3-8H,2,16H2,1H3,(H2,17,20). The van der Waals surface area contributed by atoms with Gasteiger partial charge in [-0.05, 0) is 37.3 Å². The number of hydrogen-bond acceptors (Lipinski definition) is 4. The lowest BCUT2D eigenvalue weighted by atomic mass is 10.2. The van der Waals surface area contributed by atoms with Gasteiger partial charge in [0.1, 0.15) is 11.6 Å².